The number of amides is 3. The molecule has 3 heterocycles. The molecule has 3 aliphatic rings. The van der Waals surface area contributed by atoms with Gasteiger partial charge < -0.3 is 5.11 Å². The maximum atomic E-state index is 13.0. The Hall–Kier alpha value is -3.23. The zero-order chi connectivity index (χ0) is 20.2. The van der Waals surface area contributed by atoms with Crippen molar-refractivity contribution in [1.82, 2.24) is 9.80 Å². The first-order chi connectivity index (χ1) is 13.3. The molecule has 4 rings (SSSR count). The number of nitrogens with zero attached hydrogens (tertiary/aromatic N) is 5. The number of urea groups is 1. The fourth-order valence-corrected chi connectivity index (χ4v) is 3.99. The highest BCUT2D eigenvalue weighted by Crippen LogP contribution is 2.28. The Morgan fingerprint density at radius 1 is 1.36 bits per heavy atom. The number of carbonyl (C=O) groups is 3. The van der Waals surface area contributed by atoms with Gasteiger partial charge in [-0.2, -0.15) is 0 Å². The predicted octanol–water partition coefficient (Wildman–Crippen LogP) is 0.579. The number of fused-ring (bicyclic) bond motifs is 2. The smallest absolute Gasteiger partial charge is 0.397 e. The molecule has 0 spiro atoms. The Morgan fingerprint density at radius 3 is 2.79 bits per heavy atom. The van der Waals surface area contributed by atoms with Gasteiger partial charge in [0.05, 0.1) is 13.1 Å². The molecule has 2 atom stereocenters. The number of amidine groups is 1. The lowest BCUT2D eigenvalue weighted by Gasteiger charge is -2.34. The van der Waals surface area contributed by atoms with Gasteiger partial charge in [0.1, 0.15) is 12.2 Å². The van der Waals surface area contributed by atoms with Gasteiger partial charge >= 0.3 is 18.0 Å². The highest BCUT2D eigenvalue weighted by molar-refractivity contribution is 6.24. The van der Waals surface area contributed by atoms with Crippen LogP contribution in [-0.2, 0) is 9.59 Å². The maximum Gasteiger partial charge on any atom is 0.397 e. The van der Waals surface area contributed by atoms with E-state index >= 15 is 0 Å². The van der Waals surface area contributed by atoms with Crippen LogP contribution in [0.3, 0.4) is 0 Å². The van der Waals surface area contributed by atoms with Crippen LogP contribution < -0.4 is 4.90 Å². The second-order valence-corrected chi connectivity index (χ2v) is 7.54. The van der Waals surface area contributed by atoms with E-state index in [0.29, 0.717) is 18.3 Å². The number of aliphatic imine (C=N–C) groups is 1. The van der Waals surface area contributed by atoms with E-state index in [1.807, 2.05) is 29.7 Å². The number of hydrogen-bond donors (Lipinski definition) is 1. The standard InChI is InChI=1S/C19H21N5O4/c1-11-5-4-6-13(7-11)22-8-12(2)9-23-15-16(20-18(22)23)21(3)19(28)24(17(15)27)10-14(25)26/h4-7,12,15H,8-10H2,1-3H3/p+1. The van der Waals surface area contributed by atoms with Crippen LogP contribution in [0.1, 0.15) is 12.5 Å². The number of carboxylic acids is 1. The van der Waals surface area contributed by atoms with Crippen LogP contribution in [0, 0.1) is 12.8 Å². The number of rotatable bonds is 3. The number of aryl methyl sites for hydroxylation is 1. The van der Waals surface area contributed by atoms with Gasteiger partial charge in [0.25, 0.3) is 5.91 Å². The molecule has 1 fully saturated rings. The fourth-order valence-electron chi connectivity index (χ4n) is 3.99. The Kier molecular flexibility index (Phi) is 4.17. The summed E-state index contributed by atoms with van der Waals surface area (Å²) in [7, 11) is 1.52. The number of carboxylic acid groups (broad SMARTS) is 1. The Morgan fingerprint density at radius 2 is 2.11 bits per heavy atom. The molecule has 146 valence electrons. The van der Waals surface area contributed by atoms with Gasteiger partial charge in [0.2, 0.25) is 11.9 Å². The first-order valence-corrected chi connectivity index (χ1v) is 9.15. The van der Waals surface area contributed by atoms with Crippen LogP contribution in [0.5, 0.6) is 0 Å². The SMILES string of the molecule is Cc1cccc(N2CC(C)C[N+]3=C2N=C2C3C(=O)N(CC(=O)O)C(=O)N2C)c1. The molecule has 28 heavy (non-hydrogen) atoms. The number of imide groups is 1. The van der Waals surface area contributed by atoms with Crippen molar-refractivity contribution in [3.05, 3.63) is 29.8 Å². The third kappa shape index (κ3) is 2.74. The van der Waals surface area contributed by atoms with E-state index in [-0.39, 0.29) is 5.92 Å². The van der Waals surface area contributed by atoms with E-state index in [1.54, 1.807) is 0 Å². The van der Waals surface area contributed by atoms with Gasteiger partial charge in [-0.15, -0.1) is 0 Å². The molecule has 1 aromatic carbocycles. The lowest BCUT2D eigenvalue weighted by Crippen LogP contribution is -2.64. The first kappa shape index (κ1) is 18.1. The van der Waals surface area contributed by atoms with Crippen molar-refractivity contribution in [2.75, 3.05) is 31.6 Å². The summed E-state index contributed by atoms with van der Waals surface area (Å²) in [5.74, 6) is -0.557. The quantitative estimate of drug-likeness (QED) is 0.769. The molecule has 0 aromatic heterocycles. The molecule has 0 saturated carbocycles. The number of anilines is 1. The largest absolute Gasteiger partial charge is 0.480 e. The van der Waals surface area contributed by atoms with Gasteiger partial charge in [-0.05, 0) is 24.6 Å². The highest BCUT2D eigenvalue weighted by atomic mass is 16.4. The Bertz CT molecular complexity index is 953. The van der Waals surface area contributed by atoms with Crippen LogP contribution in [0.4, 0.5) is 10.5 Å². The van der Waals surface area contributed by atoms with Crippen molar-refractivity contribution in [2.45, 2.75) is 19.9 Å². The Balaban J connectivity index is 1.79. The van der Waals surface area contributed by atoms with Crippen molar-refractivity contribution in [3.63, 3.8) is 0 Å². The third-order valence-corrected chi connectivity index (χ3v) is 5.24. The number of carbonyl (C=O) groups excluding carboxylic acids is 2. The predicted molar refractivity (Wildman–Crippen MR) is 102 cm³/mol. The zero-order valence-electron chi connectivity index (χ0n) is 16.0. The molecule has 1 N–H and O–H groups in total. The van der Waals surface area contributed by atoms with Crippen molar-refractivity contribution in [2.24, 2.45) is 10.9 Å². The summed E-state index contributed by atoms with van der Waals surface area (Å²) in [5.41, 5.74) is 2.08. The molecular formula is C19H22N5O4+. The van der Waals surface area contributed by atoms with Gasteiger partial charge in [-0.25, -0.2) is 19.2 Å². The van der Waals surface area contributed by atoms with E-state index < -0.39 is 30.5 Å². The minimum absolute atomic E-state index is 0.252. The molecular weight excluding hydrogens is 362 g/mol. The number of benzene rings is 1. The normalized spacial score (nSPS) is 24.4. The van der Waals surface area contributed by atoms with E-state index in [9.17, 15) is 14.4 Å². The second-order valence-electron chi connectivity index (χ2n) is 7.54. The summed E-state index contributed by atoms with van der Waals surface area (Å²) in [6.07, 6.45) is 0. The number of guanidine groups is 1. The van der Waals surface area contributed by atoms with Crippen LogP contribution in [-0.4, -0.2) is 81.9 Å². The second kappa shape index (κ2) is 6.43. The molecule has 0 bridgehead atoms. The number of hydrogen-bond acceptors (Lipinski definition) is 5. The Labute approximate surface area is 162 Å². The molecule has 1 aromatic rings. The van der Waals surface area contributed by atoms with Gasteiger partial charge in [-0.1, -0.05) is 24.0 Å². The average Bonchev–Trinajstić information content (AvgIpc) is 3.02. The first-order valence-electron chi connectivity index (χ1n) is 9.15. The van der Waals surface area contributed by atoms with E-state index in [2.05, 4.69) is 22.9 Å². The fraction of sp³-hybridized carbons (Fsp3) is 0.421. The highest BCUT2D eigenvalue weighted by Gasteiger charge is 2.55. The molecule has 0 radical (unpaired) electrons. The summed E-state index contributed by atoms with van der Waals surface area (Å²) < 4.78 is 1.88. The zero-order valence-corrected chi connectivity index (χ0v) is 16.0. The summed E-state index contributed by atoms with van der Waals surface area (Å²) in [6, 6.07) is 6.58. The summed E-state index contributed by atoms with van der Waals surface area (Å²) in [4.78, 5) is 45.4. The summed E-state index contributed by atoms with van der Waals surface area (Å²) in [5, 5.41) is 9.10. The minimum atomic E-state index is -1.23. The van der Waals surface area contributed by atoms with Crippen molar-refractivity contribution < 1.29 is 24.1 Å². The van der Waals surface area contributed by atoms with Gasteiger partial charge in [0, 0.05) is 13.0 Å². The molecule has 0 aliphatic carbocycles. The average molecular weight is 384 g/mol. The van der Waals surface area contributed by atoms with Crippen LogP contribution in [0.2, 0.25) is 0 Å². The number of likely N-dealkylation sites (N-methyl/N-ethyl adjacent to an activating group) is 1. The number of aliphatic carboxylic acids is 1. The molecule has 3 aliphatic heterocycles. The van der Waals surface area contributed by atoms with E-state index in [0.717, 1.165) is 22.7 Å². The van der Waals surface area contributed by atoms with Gasteiger partial charge in [0.15, 0.2) is 0 Å². The third-order valence-electron chi connectivity index (χ3n) is 5.24. The summed E-state index contributed by atoms with van der Waals surface area (Å²) >= 11 is 0. The van der Waals surface area contributed by atoms with E-state index in [1.165, 1.54) is 11.9 Å². The molecule has 9 heteroatoms. The summed E-state index contributed by atoms with van der Waals surface area (Å²) in [6.45, 7) is 4.79. The molecule has 3 amide bonds. The van der Waals surface area contributed by atoms with E-state index in [4.69, 9.17) is 5.11 Å². The minimum Gasteiger partial charge on any atom is -0.480 e. The van der Waals surface area contributed by atoms with Crippen LogP contribution >= 0.6 is 0 Å². The van der Waals surface area contributed by atoms with Crippen molar-refractivity contribution in [1.29, 1.82) is 0 Å². The maximum absolute atomic E-state index is 13.0. The van der Waals surface area contributed by atoms with Crippen molar-refractivity contribution in [3.8, 4) is 0 Å². The monoisotopic (exact) mass is 384 g/mol. The van der Waals surface area contributed by atoms with Gasteiger partial charge in [-0.3, -0.25) is 14.5 Å². The lowest BCUT2D eigenvalue weighted by atomic mass is 10.1. The topological polar surface area (TPSA) is 96.5 Å². The molecule has 2 unspecified atom stereocenters. The van der Waals surface area contributed by atoms with Crippen LogP contribution in [0.25, 0.3) is 0 Å². The molecule has 1 saturated heterocycles. The molecule has 9 nitrogen and oxygen atoms in total. The van der Waals surface area contributed by atoms with Crippen molar-refractivity contribution >= 4 is 35.4 Å². The lowest BCUT2D eigenvalue weighted by molar-refractivity contribution is -0.545. The van der Waals surface area contributed by atoms with Crippen LogP contribution in [0.15, 0.2) is 29.3 Å².